The fraction of sp³-hybridized carbons (Fsp3) is 0.500. The van der Waals surface area contributed by atoms with E-state index < -0.39 is 0 Å². The second-order valence-electron chi connectivity index (χ2n) is 3.88. The van der Waals surface area contributed by atoms with Gasteiger partial charge < -0.3 is 10.2 Å². The van der Waals surface area contributed by atoms with Crippen LogP contribution in [0.2, 0.25) is 0 Å². The number of nitrogens with zero attached hydrogens (tertiary/aromatic N) is 3. The Kier molecular flexibility index (Phi) is 3.58. The predicted octanol–water partition coefficient (Wildman–Crippen LogP) is 1.50. The lowest BCUT2D eigenvalue weighted by Gasteiger charge is -2.01. The summed E-state index contributed by atoms with van der Waals surface area (Å²) in [6, 6.07) is 3.84. The molecule has 0 unspecified atom stereocenters. The van der Waals surface area contributed by atoms with Crippen molar-refractivity contribution in [2.45, 2.75) is 39.8 Å². The molecule has 0 aromatic carbocycles. The van der Waals surface area contributed by atoms with Crippen LogP contribution in [-0.4, -0.2) is 14.8 Å². The molecule has 0 aliphatic heterocycles. The molecule has 5 heteroatoms. The number of nitrogens with two attached hydrogens (primary N) is 1. The molecule has 0 spiro atoms. The summed E-state index contributed by atoms with van der Waals surface area (Å²) in [6.07, 6.45) is 1.73. The highest BCUT2D eigenvalue weighted by Gasteiger charge is 2.09. The molecule has 2 rings (SSSR count). The van der Waals surface area contributed by atoms with Crippen LogP contribution in [0.5, 0.6) is 0 Å². The summed E-state index contributed by atoms with van der Waals surface area (Å²) in [5.74, 6) is 3.54. The lowest BCUT2D eigenvalue weighted by Crippen LogP contribution is -2.05. The topological polar surface area (TPSA) is 69.9 Å². The quantitative estimate of drug-likeness (QED) is 0.851. The second-order valence-corrected chi connectivity index (χ2v) is 3.88. The second kappa shape index (κ2) is 5.14. The predicted molar refractivity (Wildman–Crippen MR) is 64.5 cm³/mol. The normalized spacial score (nSPS) is 11.0. The summed E-state index contributed by atoms with van der Waals surface area (Å²) in [6.45, 7) is 5.18. The van der Waals surface area contributed by atoms with Crippen LogP contribution in [0.1, 0.15) is 37.0 Å². The lowest BCUT2D eigenvalue weighted by molar-refractivity contribution is 0.441. The first kappa shape index (κ1) is 11.9. The molecule has 0 bridgehead atoms. The van der Waals surface area contributed by atoms with Crippen LogP contribution in [0, 0.1) is 0 Å². The maximum absolute atomic E-state index is 5.57. The summed E-state index contributed by atoms with van der Waals surface area (Å²) < 4.78 is 7.47. The minimum absolute atomic E-state index is 0.429. The first-order valence-electron chi connectivity index (χ1n) is 5.97. The van der Waals surface area contributed by atoms with E-state index in [0.29, 0.717) is 13.1 Å². The number of hydrogen-bond donors (Lipinski definition) is 1. The molecule has 0 amide bonds. The molecule has 17 heavy (non-hydrogen) atoms. The molecule has 0 atom stereocenters. The summed E-state index contributed by atoms with van der Waals surface area (Å²) in [5, 5.41) is 4.44. The molecule has 0 fully saturated rings. The highest BCUT2D eigenvalue weighted by molar-refractivity contribution is 5.08. The van der Waals surface area contributed by atoms with Crippen molar-refractivity contribution in [3.05, 3.63) is 35.3 Å². The molecule has 0 saturated carbocycles. The minimum Gasteiger partial charge on any atom is -0.463 e. The Morgan fingerprint density at radius 3 is 2.59 bits per heavy atom. The Morgan fingerprint density at radius 2 is 2.00 bits per heavy atom. The Labute approximate surface area is 101 Å². The zero-order valence-electron chi connectivity index (χ0n) is 10.3. The third-order valence-corrected chi connectivity index (χ3v) is 2.65. The Balaban J connectivity index is 2.19. The van der Waals surface area contributed by atoms with E-state index in [1.54, 1.807) is 0 Å². The number of furan rings is 1. The van der Waals surface area contributed by atoms with Gasteiger partial charge in [0.25, 0.3) is 0 Å². The van der Waals surface area contributed by atoms with E-state index in [0.717, 1.165) is 36.0 Å². The lowest BCUT2D eigenvalue weighted by atomic mass is 10.4. The SMILES string of the molecule is CCc1nc(CC)n(Cc2ccc(CN)o2)n1. The van der Waals surface area contributed by atoms with Crippen LogP contribution < -0.4 is 5.73 Å². The van der Waals surface area contributed by atoms with Gasteiger partial charge in [0, 0.05) is 12.8 Å². The molecule has 2 N–H and O–H groups in total. The molecule has 2 aromatic rings. The van der Waals surface area contributed by atoms with Gasteiger partial charge in [0.1, 0.15) is 23.9 Å². The molecule has 0 aliphatic carbocycles. The van der Waals surface area contributed by atoms with Gasteiger partial charge in [0.2, 0.25) is 0 Å². The van der Waals surface area contributed by atoms with Crippen molar-refractivity contribution in [3.63, 3.8) is 0 Å². The van der Waals surface area contributed by atoms with Crippen molar-refractivity contribution in [2.24, 2.45) is 5.73 Å². The van der Waals surface area contributed by atoms with Gasteiger partial charge in [-0.05, 0) is 12.1 Å². The Bertz CT molecular complexity index is 486. The molecule has 0 aliphatic rings. The molecular weight excluding hydrogens is 216 g/mol. The van der Waals surface area contributed by atoms with E-state index in [2.05, 4.69) is 23.9 Å². The van der Waals surface area contributed by atoms with Gasteiger partial charge in [-0.2, -0.15) is 5.10 Å². The molecule has 92 valence electrons. The van der Waals surface area contributed by atoms with E-state index in [1.165, 1.54) is 0 Å². The van der Waals surface area contributed by atoms with E-state index in [9.17, 15) is 0 Å². The zero-order valence-corrected chi connectivity index (χ0v) is 10.3. The van der Waals surface area contributed by atoms with Crippen molar-refractivity contribution < 1.29 is 4.42 Å². The average Bonchev–Trinajstić information content (AvgIpc) is 2.95. The average molecular weight is 234 g/mol. The van der Waals surface area contributed by atoms with Gasteiger partial charge in [-0.3, -0.25) is 0 Å². The van der Waals surface area contributed by atoms with Crippen LogP contribution >= 0.6 is 0 Å². The monoisotopic (exact) mass is 234 g/mol. The summed E-state index contributed by atoms with van der Waals surface area (Å²) in [5.41, 5.74) is 5.51. The Morgan fingerprint density at radius 1 is 1.24 bits per heavy atom. The fourth-order valence-corrected chi connectivity index (χ4v) is 1.73. The standard InChI is InChI=1S/C12H18N4O/c1-3-11-14-12(4-2)16(15-11)8-10-6-5-9(7-13)17-10/h5-6H,3-4,7-8,13H2,1-2H3. The van der Waals surface area contributed by atoms with Gasteiger partial charge >= 0.3 is 0 Å². The summed E-state index contributed by atoms with van der Waals surface area (Å²) in [7, 11) is 0. The molecule has 2 heterocycles. The van der Waals surface area contributed by atoms with Gasteiger partial charge in [0.15, 0.2) is 5.82 Å². The largest absolute Gasteiger partial charge is 0.463 e. The van der Waals surface area contributed by atoms with Crippen LogP contribution in [-0.2, 0) is 25.9 Å². The third-order valence-electron chi connectivity index (χ3n) is 2.65. The van der Waals surface area contributed by atoms with E-state index in [1.807, 2.05) is 16.8 Å². The first-order chi connectivity index (χ1) is 8.26. The Hall–Kier alpha value is -1.62. The highest BCUT2D eigenvalue weighted by Crippen LogP contribution is 2.10. The molecule has 0 radical (unpaired) electrons. The zero-order chi connectivity index (χ0) is 12.3. The van der Waals surface area contributed by atoms with Crippen molar-refractivity contribution >= 4 is 0 Å². The molecule has 2 aromatic heterocycles. The van der Waals surface area contributed by atoms with E-state index >= 15 is 0 Å². The van der Waals surface area contributed by atoms with Crippen molar-refractivity contribution in [1.29, 1.82) is 0 Å². The smallest absolute Gasteiger partial charge is 0.150 e. The fourth-order valence-electron chi connectivity index (χ4n) is 1.73. The van der Waals surface area contributed by atoms with Gasteiger partial charge in [0.05, 0.1) is 6.54 Å². The van der Waals surface area contributed by atoms with Crippen molar-refractivity contribution in [3.8, 4) is 0 Å². The number of aryl methyl sites for hydroxylation is 2. The maximum Gasteiger partial charge on any atom is 0.150 e. The van der Waals surface area contributed by atoms with Crippen LogP contribution in [0.15, 0.2) is 16.5 Å². The van der Waals surface area contributed by atoms with E-state index in [-0.39, 0.29) is 0 Å². The highest BCUT2D eigenvalue weighted by atomic mass is 16.3. The van der Waals surface area contributed by atoms with Crippen LogP contribution in [0.4, 0.5) is 0 Å². The van der Waals surface area contributed by atoms with Gasteiger partial charge in [-0.25, -0.2) is 9.67 Å². The molecule has 0 saturated heterocycles. The van der Waals surface area contributed by atoms with E-state index in [4.69, 9.17) is 10.2 Å². The maximum atomic E-state index is 5.57. The summed E-state index contributed by atoms with van der Waals surface area (Å²) >= 11 is 0. The summed E-state index contributed by atoms with van der Waals surface area (Å²) in [4.78, 5) is 4.46. The minimum atomic E-state index is 0.429. The van der Waals surface area contributed by atoms with Crippen LogP contribution in [0.3, 0.4) is 0 Å². The van der Waals surface area contributed by atoms with Gasteiger partial charge in [-0.15, -0.1) is 0 Å². The molecule has 5 nitrogen and oxygen atoms in total. The van der Waals surface area contributed by atoms with Crippen molar-refractivity contribution in [1.82, 2.24) is 14.8 Å². The van der Waals surface area contributed by atoms with Crippen LogP contribution in [0.25, 0.3) is 0 Å². The first-order valence-corrected chi connectivity index (χ1v) is 5.97. The van der Waals surface area contributed by atoms with Gasteiger partial charge in [-0.1, -0.05) is 13.8 Å². The van der Waals surface area contributed by atoms with Crippen molar-refractivity contribution in [2.75, 3.05) is 0 Å². The molecular formula is C12H18N4O. The number of rotatable bonds is 5. The number of aromatic nitrogens is 3. The number of hydrogen-bond acceptors (Lipinski definition) is 4. The third kappa shape index (κ3) is 2.55.